The van der Waals surface area contributed by atoms with E-state index in [1.807, 2.05) is 0 Å². The molecule has 21 heavy (non-hydrogen) atoms. The van der Waals surface area contributed by atoms with E-state index in [1.54, 1.807) is 0 Å². The minimum Gasteiger partial charge on any atom is -0.445 e. The maximum absolute atomic E-state index is 12.5. The quantitative estimate of drug-likeness (QED) is 0.927. The van der Waals surface area contributed by atoms with Gasteiger partial charge in [-0.2, -0.15) is 0 Å². The average Bonchev–Trinajstić information content (AvgIpc) is 3.10. The van der Waals surface area contributed by atoms with Gasteiger partial charge in [-0.15, -0.1) is 0 Å². The molecule has 1 atom stereocenters. The molecule has 2 aliphatic rings. The van der Waals surface area contributed by atoms with Gasteiger partial charge >= 0.3 is 0 Å². The van der Waals surface area contributed by atoms with E-state index in [2.05, 4.69) is 10.3 Å². The molecule has 116 valence electrons. The highest BCUT2D eigenvalue weighted by molar-refractivity contribution is 5.93. The van der Waals surface area contributed by atoms with Crippen LogP contribution in [0.1, 0.15) is 80.1 Å². The first-order chi connectivity index (χ1) is 10.3. The molecule has 1 aromatic rings. The van der Waals surface area contributed by atoms with Crippen LogP contribution in [0.2, 0.25) is 0 Å². The van der Waals surface area contributed by atoms with Crippen LogP contribution in [0.15, 0.2) is 10.8 Å². The molecule has 1 aliphatic carbocycles. The minimum atomic E-state index is -0.111. The molecule has 1 amide bonds. The summed E-state index contributed by atoms with van der Waals surface area (Å²) in [6.45, 7) is 0.731. The van der Waals surface area contributed by atoms with Crippen LogP contribution in [0.5, 0.6) is 0 Å². The highest BCUT2D eigenvalue weighted by atomic mass is 16.5. The van der Waals surface area contributed by atoms with Crippen LogP contribution in [0, 0.1) is 0 Å². The summed E-state index contributed by atoms with van der Waals surface area (Å²) in [5, 5.41) is 3.14. The summed E-state index contributed by atoms with van der Waals surface area (Å²) in [4.78, 5) is 16.6. The molecular formula is C16H24N2O3. The summed E-state index contributed by atoms with van der Waals surface area (Å²) in [6.07, 6.45) is 11.6. The van der Waals surface area contributed by atoms with E-state index in [0.29, 0.717) is 11.5 Å². The summed E-state index contributed by atoms with van der Waals surface area (Å²) < 4.78 is 11.0. The lowest BCUT2D eigenvalue weighted by molar-refractivity contribution is 0.0849. The average molecular weight is 292 g/mol. The Labute approximate surface area is 125 Å². The second-order valence-corrected chi connectivity index (χ2v) is 6.08. The zero-order valence-electron chi connectivity index (χ0n) is 12.5. The van der Waals surface area contributed by atoms with Gasteiger partial charge in [-0.1, -0.05) is 32.1 Å². The van der Waals surface area contributed by atoms with Gasteiger partial charge in [-0.3, -0.25) is 4.79 Å². The number of rotatable bonds is 3. The number of hydrogen-bond acceptors (Lipinski definition) is 4. The molecular weight excluding hydrogens is 268 g/mol. The Kier molecular flexibility index (Phi) is 4.91. The van der Waals surface area contributed by atoms with Crippen molar-refractivity contribution in [3.63, 3.8) is 0 Å². The van der Waals surface area contributed by atoms with Crippen LogP contribution in [-0.2, 0) is 4.74 Å². The SMILES string of the molecule is O=C(NC1CCCCCCC1)c1ncoc1[C@@H]1CCCO1. The van der Waals surface area contributed by atoms with Gasteiger partial charge < -0.3 is 14.5 Å². The number of nitrogens with zero attached hydrogens (tertiary/aromatic N) is 1. The molecule has 0 radical (unpaired) electrons. The number of oxazole rings is 1. The Morgan fingerprint density at radius 1 is 1.10 bits per heavy atom. The van der Waals surface area contributed by atoms with E-state index in [1.165, 1.54) is 38.5 Å². The Morgan fingerprint density at radius 3 is 2.57 bits per heavy atom. The predicted molar refractivity (Wildman–Crippen MR) is 78.0 cm³/mol. The molecule has 2 fully saturated rings. The Bertz CT molecular complexity index is 458. The van der Waals surface area contributed by atoms with Crippen molar-refractivity contribution >= 4 is 5.91 Å². The molecule has 5 nitrogen and oxygen atoms in total. The molecule has 1 aromatic heterocycles. The number of hydrogen-bond donors (Lipinski definition) is 1. The first kappa shape index (κ1) is 14.6. The predicted octanol–water partition coefficient (Wildman–Crippen LogP) is 3.37. The van der Waals surface area contributed by atoms with Gasteiger partial charge in [0.05, 0.1) is 0 Å². The third-order valence-electron chi connectivity index (χ3n) is 4.47. The van der Waals surface area contributed by atoms with E-state index < -0.39 is 0 Å². The van der Waals surface area contributed by atoms with E-state index in [0.717, 1.165) is 32.3 Å². The fourth-order valence-electron chi connectivity index (χ4n) is 3.29. The van der Waals surface area contributed by atoms with Gasteiger partial charge in [0.1, 0.15) is 6.10 Å². The fraction of sp³-hybridized carbons (Fsp3) is 0.750. The third kappa shape index (κ3) is 3.64. The molecule has 0 unspecified atom stereocenters. The van der Waals surface area contributed by atoms with E-state index in [9.17, 15) is 4.79 Å². The van der Waals surface area contributed by atoms with Crippen LogP contribution in [-0.4, -0.2) is 23.5 Å². The van der Waals surface area contributed by atoms with Gasteiger partial charge in [-0.25, -0.2) is 4.98 Å². The van der Waals surface area contributed by atoms with Crippen molar-refractivity contribution in [2.45, 2.75) is 69.9 Å². The minimum absolute atomic E-state index is 0.106. The molecule has 0 bridgehead atoms. The smallest absolute Gasteiger partial charge is 0.273 e. The molecule has 1 N–H and O–H groups in total. The zero-order valence-corrected chi connectivity index (χ0v) is 12.5. The van der Waals surface area contributed by atoms with Gasteiger partial charge in [0.15, 0.2) is 17.8 Å². The van der Waals surface area contributed by atoms with Crippen molar-refractivity contribution in [1.29, 1.82) is 0 Å². The van der Waals surface area contributed by atoms with Crippen LogP contribution in [0.4, 0.5) is 0 Å². The summed E-state index contributed by atoms with van der Waals surface area (Å²) in [5.74, 6) is 0.482. The van der Waals surface area contributed by atoms with E-state index in [4.69, 9.17) is 9.15 Å². The van der Waals surface area contributed by atoms with Crippen molar-refractivity contribution in [1.82, 2.24) is 10.3 Å². The normalized spacial score (nSPS) is 24.5. The summed E-state index contributed by atoms with van der Waals surface area (Å²) in [6, 6.07) is 0.270. The molecule has 1 aliphatic heterocycles. The highest BCUT2D eigenvalue weighted by Gasteiger charge is 2.28. The number of ether oxygens (including phenoxy) is 1. The second kappa shape index (κ2) is 7.07. The van der Waals surface area contributed by atoms with E-state index in [-0.39, 0.29) is 18.1 Å². The molecule has 3 rings (SSSR count). The largest absolute Gasteiger partial charge is 0.445 e. The maximum Gasteiger partial charge on any atom is 0.273 e. The van der Waals surface area contributed by atoms with Crippen LogP contribution in [0.25, 0.3) is 0 Å². The fourth-order valence-corrected chi connectivity index (χ4v) is 3.29. The second-order valence-electron chi connectivity index (χ2n) is 6.08. The number of aromatic nitrogens is 1. The molecule has 0 spiro atoms. The van der Waals surface area contributed by atoms with Crippen LogP contribution in [0.3, 0.4) is 0 Å². The monoisotopic (exact) mass is 292 g/mol. The molecule has 0 aromatic carbocycles. The molecule has 1 saturated heterocycles. The summed E-state index contributed by atoms with van der Waals surface area (Å²) >= 11 is 0. The number of carbonyl (C=O) groups excluding carboxylic acids is 1. The molecule has 2 heterocycles. The van der Waals surface area contributed by atoms with Crippen molar-refractivity contribution in [3.8, 4) is 0 Å². The van der Waals surface area contributed by atoms with Crippen LogP contribution >= 0.6 is 0 Å². The number of nitrogens with one attached hydrogen (secondary N) is 1. The summed E-state index contributed by atoms with van der Waals surface area (Å²) in [5.41, 5.74) is 0.406. The first-order valence-corrected chi connectivity index (χ1v) is 8.20. The number of amides is 1. The molecule has 5 heteroatoms. The lowest BCUT2D eigenvalue weighted by Gasteiger charge is -2.20. The lowest BCUT2D eigenvalue weighted by Crippen LogP contribution is -2.36. The zero-order chi connectivity index (χ0) is 14.5. The van der Waals surface area contributed by atoms with Gasteiger partial charge in [0.2, 0.25) is 0 Å². The van der Waals surface area contributed by atoms with Crippen molar-refractivity contribution in [3.05, 3.63) is 17.8 Å². The van der Waals surface area contributed by atoms with Gasteiger partial charge in [0.25, 0.3) is 5.91 Å². The first-order valence-electron chi connectivity index (χ1n) is 8.20. The van der Waals surface area contributed by atoms with Gasteiger partial charge in [-0.05, 0) is 25.7 Å². The van der Waals surface area contributed by atoms with Crippen molar-refractivity contribution in [2.75, 3.05) is 6.61 Å². The standard InChI is InChI=1S/C16H24N2O3/c19-16(18-12-7-4-2-1-3-5-8-12)14-15(21-11-17-14)13-9-6-10-20-13/h11-13H,1-10H2,(H,18,19)/t13-/m0/s1. The number of carbonyl (C=O) groups is 1. The Balaban J connectivity index is 1.63. The molecule has 1 saturated carbocycles. The van der Waals surface area contributed by atoms with E-state index >= 15 is 0 Å². The third-order valence-corrected chi connectivity index (χ3v) is 4.47. The topological polar surface area (TPSA) is 64.4 Å². The Hall–Kier alpha value is -1.36. The Morgan fingerprint density at radius 2 is 1.86 bits per heavy atom. The lowest BCUT2D eigenvalue weighted by atomic mass is 9.96. The maximum atomic E-state index is 12.5. The van der Waals surface area contributed by atoms with Crippen molar-refractivity contribution < 1.29 is 13.9 Å². The summed E-state index contributed by atoms with van der Waals surface area (Å²) in [7, 11) is 0. The van der Waals surface area contributed by atoms with Gasteiger partial charge in [0, 0.05) is 12.6 Å². The van der Waals surface area contributed by atoms with Crippen molar-refractivity contribution in [2.24, 2.45) is 0 Å². The van der Waals surface area contributed by atoms with Crippen LogP contribution < -0.4 is 5.32 Å². The highest BCUT2D eigenvalue weighted by Crippen LogP contribution is 2.30.